The van der Waals surface area contributed by atoms with Gasteiger partial charge in [0.25, 0.3) is 0 Å². The second-order valence-corrected chi connectivity index (χ2v) is 5.72. The predicted molar refractivity (Wildman–Crippen MR) is 84.8 cm³/mol. The molecule has 2 rings (SSSR count). The molecule has 2 aromatic rings. The number of nitrogens with one attached hydrogen (secondary N) is 1. The van der Waals surface area contributed by atoms with Gasteiger partial charge in [-0.3, -0.25) is 4.79 Å². The van der Waals surface area contributed by atoms with Crippen molar-refractivity contribution >= 4 is 23.4 Å². The van der Waals surface area contributed by atoms with E-state index in [1.807, 2.05) is 31.2 Å². The zero-order valence-electron chi connectivity index (χ0n) is 11.7. The second kappa shape index (κ2) is 7.24. The fourth-order valence-electron chi connectivity index (χ4n) is 1.77. The predicted octanol–water partition coefficient (Wildman–Crippen LogP) is 3.58. The lowest BCUT2D eigenvalue weighted by atomic mass is 10.1. The number of hydrogen-bond acceptors (Lipinski definition) is 3. The Morgan fingerprint density at radius 1 is 1.24 bits per heavy atom. The van der Waals surface area contributed by atoms with Crippen LogP contribution in [0.4, 0.5) is 10.1 Å². The van der Waals surface area contributed by atoms with Crippen LogP contribution in [0.25, 0.3) is 0 Å². The highest BCUT2D eigenvalue weighted by molar-refractivity contribution is 8.00. The number of rotatable bonds is 5. The first kappa shape index (κ1) is 15.5. The number of nitrogens with two attached hydrogens (primary N) is 1. The van der Waals surface area contributed by atoms with Gasteiger partial charge in [0.15, 0.2) is 0 Å². The topological polar surface area (TPSA) is 55.1 Å². The highest BCUT2D eigenvalue weighted by atomic mass is 32.2. The van der Waals surface area contributed by atoms with E-state index < -0.39 is 5.82 Å². The van der Waals surface area contributed by atoms with Gasteiger partial charge in [-0.05, 0) is 36.8 Å². The van der Waals surface area contributed by atoms with Crippen molar-refractivity contribution in [3.05, 3.63) is 59.9 Å². The molecule has 1 atom stereocenters. The van der Waals surface area contributed by atoms with Gasteiger partial charge in [0.05, 0.1) is 11.4 Å². The van der Waals surface area contributed by atoms with Crippen LogP contribution in [0.1, 0.15) is 18.5 Å². The Labute approximate surface area is 127 Å². The molecule has 2 aromatic carbocycles. The number of amides is 1. The summed E-state index contributed by atoms with van der Waals surface area (Å²) in [5, 5.41) is 2.56. The van der Waals surface area contributed by atoms with E-state index in [9.17, 15) is 9.18 Å². The standard InChI is InChI=1S/C16H17FN2OS/c1-11(18)12-6-8-13(9-7-12)21-10-16(20)19-15-5-3-2-4-14(15)17/h2-9,11H,10,18H2,1H3,(H,19,20). The number of para-hydroxylation sites is 1. The van der Waals surface area contributed by atoms with Crippen LogP contribution in [-0.2, 0) is 4.79 Å². The monoisotopic (exact) mass is 304 g/mol. The van der Waals surface area contributed by atoms with E-state index in [2.05, 4.69) is 5.32 Å². The first-order chi connectivity index (χ1) is 10.1. The summed E-state index contributed by atoms with van der Waals surface area (Å²) in [7, 11) is 0. The highest BCUT2D eigenvalue weighted by Gasteiger charge is 2.07. The van der Waals surface area contributed by atoms with Crippen LogP contribution in [0.2, 0.25) is 0 Å². The van der Waals surface area contributed by atoms with Crippen LogP contribution in [0, 0.1) is 5.82 Å². The Balaban J connectivity index is 1.88. The summed E-state index contributed by atoms with van der Waals surface area (Å²) in [6.45, 7) is 1.92. The van der Waals surface area contributed by atoms with Crippen LogP contribution < -0.4 is 11.1 Å². The zero-order valence-corrected chi connectivity index (χ0v) is 12.5. The Morgan fingerprint density at radius 3 is 2.52 bits per heavy atom. The summed E-state index contributed by atoms with van der Waals surface area (Å²) < 4.78 is 13.4. The lowest BCUT2D eigenvalue weighted by Gasteiger charge is -2.08. The van der Waals surface area contributed by atoms with Crippen LogP contribution in [0.5, 0.6) is 0 Å². The van der Waals surface area contributed by atoms with Crippen LogP contribution >= 0.6 is 11.8 Å². The molecule has 21 heavy (non-hydrogen) atoms. The molecule has 1 unspecified atom stereocenters. The lowest BCUT2D eigenvalue weighted by Crippen LogP contribution is -2.14. The molecule has 3 N–H and O–H groups in total. The van der Waals surface area contributed by atoms with Gasteiger partial charge in [-0.15, -0.1) is 11.8 Å². The van der Waals surface area contributed by atoms with Crippen molar-refractivity contribution in [1.82, 2.24) is 0 Å². The molecule has 0 saturated carbocycles. The van der Waals surface area contributed by atoms with Gasteiger partial charge >= 0.3 is 0 Å². The molecule has 0 aliphatic rings. The molecule has 1 amide bonds. The Morgan fingerprint density at radius 2 is 1.90 bits per heavy atom. The van der Waals surface area contributed by atoms with Crippen molar-refractivity contribution in [3.63, 3.8) is 0 Å². The molecular formula is C16H17FN2OS. The van der Waals surface area contributed by atoms with Crippen molar-refractivity contribution in [2.75, 3.05) is 11.1 Å². The molecular weight excluding hydrogens is 287 g/mol. The molecule has 0 saturated heterocycles. The average Bonchev–Trinajstić information content (AvgIpc) is 2.48. The molecule has 0 radical (unpaired) electrons. The molecule has 0 bridgehead atoms. The molecule has 0 spiro atoms. The summed E-state index contributed by atoms with van der Waals surface area (Å²) in [6.07, 6.45) is 0. The molecule has 0 aliphatic carbocycles. The van der Waals surface area contributed by atoms with Gasteiger partial charge < -0.3 is 11.1 Å². The largest absolute Gasteiger partial charge is 0.324 e. The third kappa shape index (κ3) is 4.58. The first-order valence-corrected chi connectivity index (χ1v) is 7.57. The van der Waals surface area contributed by atoms with E-state index >= 15 is 0 Å². The molecule has 110 valence electrons. The van der Waals surface area contributed by atoms with E-state index in [0.29, 0.717) is 0 Å². The molecule has 3 nitrogen and oxygen atoms in total. The number of hydrogen-bond donors (Lipinski definition) is 2. The van der Waals surface area contributed by atoms with E-state index in [0.717, 1.165) is 10.5 Å². The third-order valence-electron chi connectivity index (χ3n) is 2.92. The van der Waals surface area contributed by atoms with E-state index in [4.69, 9.17) is 5.73 Å². The summed E-state index contributed by atoms with van der Waals surface area (Å²) in [4.78, 5) is 12.8. The van der Waals surface area contributed by atoms with E-state index in [1.165, 1.54) is 23.9 Å². The minimum absolute atomic E-state index is 0.00611. The van der Waals surface area contributed by atoms with Crippen molar-refractivity contribution in [2.45, 2.75) is 17.9 Å². The fourth-order valence-corrected chi connectivity index (χ4v) is 2.46. The molecule has 0 heterocycles. The van der Waals surface area contributed by atoms with Gasteiger partial charge in [-0.2, -0.15) is 0 Å². The summed E-state index contributed by atoms with van der Waals surface area (Å²) in [5.74, 6) is -0.440. The molecule has 0 aliphatic heterocycles. The SMILES string of the molecule is CC(N)c1ccc(SCC(=O)Nc2ccccc2F)cc1. The second-order valence-electron chi connectivity index (χ2n) is 4.67. The molecule has 0 aromatic heterocycles. The van der Waals surface area contributed by atoms with Gasteiger partial charge in [0, 0.05) is 10.9 Å². The highest BCUT2D eigenvalue weighted by Crippen LogP contribution is 2.21. The lowest BCUT2D eigenvalue weighted by molar-refractivity contribution is -0.113. The molecule has 5 heteroatoms. The minimum Gasteiger partial charge on any atom is -0.324 e. The number of anilines is 1. The van der Waals surface area contributed by atoms with Crippen LogP contribution in [0.15, 0.2) is 53.4 Å². The normalized spacial score (nSPS) is 12.0. The van der Waals surface area contributed by atoms with Crippen LogP contribution in [-0.4, -0.2) is 11.7 Å². The maximum absolute atomic E-state index is 13.4. The average molecular weight is 304 g/mol. The Kier molecular flexibility index (Phi) is 5.36. The fraction of sp³-hybridized carbons (Fsp3) is 0.188. The summed E-state index contributed by atoms with van der Waals surface area (Å²) >= 11 is 1.40. The number of carbonyl (C=O) groups is 1. The van der Waals surface area contributed by atoms with Gasteiger partial charge in [-0.1, -0.05) is 24.3 Å². The van der Waals surface area contributed by atoms with Crippen molar-refractivity contribution in [3.8, 4) is 0 Å². The zero-order chi connectivity index (χ0) is 15.2. The maximum Gasteiger partial charge on any atom is 0.234 e. The number of halogens is 1. The minimum atomic E-state index is -0.433. The number of carbonyl (C=O) groups excluding carboxylic acids is 1. The van der Waals surface area contributed by atoms with Crippen LogP contribution in [0.3, 0.4) is 0 Å². The third-order valence-corrected chi connectivity index (χ3v) is 3.94. The van der Waals surface area contributed by atoms with Gasteiger partial charge in [0.2, 0.25) is 5.91 Å². The maximum atomic E-state index is 13.4. The smallest absolute Gasteiger partial charge is 0.234 e. The van der Waals surface area contributed by atoms with Crippen molar-refractivity contribution in [1.29, 1.82) is 0 Å². The van der Waals surface area contributed by atoms with E-state index in [1.54, 1.807) is 12.1 Å². The van der Waals surface area contributed by atoms with E-state index in [-0.39, 0.29) is 23.4 Å². The van der Waals surface area contributed by atoms with Crippen molar-refractivity contribution < 1.29 is 9.18 Å². The first-order valence-electron chi connectivity index (χ1n) is 6.59. The number of benzene rings is 2. The van der Waals surface area contributed by atoms with Gasteiger partial charge in [0.1, 0.15) is 5.82 Å². The van der Waals surface area contributed by atoms with Crippen molar-refractivity contribution in [2.24, 2.45) is 5.73 Å². The van der Waals surface area contributed by atoms with Gasteiger partial charge in [-0.25, -0.2) is 4.39 Å². The Hall–Kier alpha value is -1.85. The quantitative estimate of drug-likeness (QED) is 0.830. The summed E-state index contributed by atoms with van der Waals surface area (Å²) in [5.41, 5.74) is 7.03. The number of thioether (sulfide) groups is 1. The molecule has 0 fully saturated rings. The Bertz CT molecular complexity index is 614. The summed E-state index contributed by atoms with van der Waals surface area (Å²) in [6, 6.07) is 13.9.